The van der Waals surface area contributed by atoms with Crippen LogP contribution in [0, 0.1) is 0 Å². The van der Waals surface area contributed by atoms with Crippen molar-refractivity contribution in [3.8, 4) is 0 Å². The zero-order valence-electron chi connectivity index (χ0n) is 16.9. The van der Waals surface area contributed by atoms with Gasteiger partial charge in [-0.1, -0.05) is 48.5 Å². The third-order valence-corrected chi connectivity index (χ3v) is 5.61. The van der Waals surface area contributed by atoms with E-state index in [1.165, 1.54) is 11.0 Å². The summed E-state index contributed by atoms with van der Waals surface area (Å²) in [5.74, 6) is -0.777. The second-order valence-electron chi connectivity index (χ2n) is 7.45. The monoisotopic (exact) mass is 404 g/mol. The van der Waals surface area contributed by atoms with Crippen molar-refractivity contribution in [2.45, 2.75) is 31.8 Å². The van der Waals surface area contributed by atoms with Crippen molar-refractivity contribution in [2.75, 3.05) is 18.1 Å². The molecule has 0 N–H and O–H groups in total. The summed E-state index contributed by atoms with van der Waals surface area (Å²) < 4.78 is 5.16. The first-order valence-corrected chi connectivity index (χ1v) is 10.2. The maximum Gasteiger partial charge on any atom is 0.307 e. The number of esters is 1. The quantitative estimate of drug-likeness (QED) is 0.568. The third-order valence-electron chi connectivity index (χ3n) is 5.61. The molecule has 0 bridgehead atoms. The summed E-state index contributed by atoms with van der Waals surface area (Å²) in [6.45, 7) is 1.97. The summed E-state index contributed by atoms with van der Waals surface area (Å²) in [5.41, 5.74) is 2.82. The van der Waals surface area contributed by atoms with Gasteiger partial charge in [0.25, 0.3) is 0 Å². The number of anilines is 1. The maximum atomic E-state index is 13.0. The molecule has 0 saturated carbocycles. The lowest BCUT2D eigenvalue weighted by Crippen LogP contribution is -2.63. The lowest BCUT2D eigenvalue weighted by molar-refractivity contribution is -0.148. The smallest absolute Gasteiger partial charge is 0.307 e. The predicted octanol–water partition coefficient (Wildman–Crippen LogP) is 2.82. The molecule has 2 heterocycles. The van der Waals surface area contributed by atoms with Gasteiger partial charge in [0.05, 0.1) is 25.1 Å². The molecule has 30 heavy (non-hydrogen) atoms. The topological polar surface area (TPSA) is 66.9 Å². The summed E-state index contributed by atoms with van der Waals surface area (Å²) in [6, 6.07) is 16.5. The van der Waals surface area contributed by atoms with Crippen LogP contribution in [0.3, 0.4) is 0 Å². The van der Waals surface area contributed by atoms with Crippen LogP contribution in [-0.2, 0) is 25.5 Å². The molecule has 2 aromatic carbocycles. The Kier molecular flexibility index (Phi) is 5.65. The van der Waals surface area contributed by atoms with Crippen molar-refractivity contribution in [3.63, 3.8) is 0 Å². The first-order chi connectivity index (χ1) is 14.6. The molecule has 1 fully saturated rings. The molecule has 0 spiro atoms. The van der Waals surface area contributed by atoms with Gasteiger partial charge in [0.15, 0.2) is 0 Å². The number of carbonyl (C=O) groups is 3. The number of ether oxygens (including phenoxy) is 1. The summed E-state index contributed by atoms with van der Waals surface area (Å²) in [7, 11) is 0. The minimum absolute atomic E-state index is 0.0567. The van der Waals surface area contributed by atoms with Gasteiger partial charge in [-0.3, -0.25) is 14.4 Å². The molecule has 2 aromatic rings. The molecule has 2 aliphatic heterocycles. The second-order valence-corrected chi connectivity index (χ2v) is 7.45. The third kappa shape index (κ3) is 3.85. The van der Waals surface area contributed by atoms with Crippen molar-refractivity contribution < 1.29 is 19.1 Å². The van der Waals surface area contributed by atoms with Crippen LogP contribution in [0.2, 0.25) is 0 Å². The van der Waals surface area contributed by atoms with E-state index >= 15 is 0 Å². The van der Waals surface area contributed by atoms with Gasteiger partial charge < -0.3 is 14.5 Å². The molecule has 6 heteroatoms. The molecule has 2 aliphatic rings. The number of benzene rings is 2. The number of hydrogen-bond acceptors (Lipinski definition) is 4. The molecule has 0 radical (unpaired) electrons. The van der Waals surface area contributed by atoms with Crippen LogP contribution in [0.1, 0.15) is 24.5 Å². The van der Waals surface area contributed by atoms with Crippen molar-refractivity contribution in [2.24, 2.45) is 0 Å². The number of para-hydroxylation sites is 1. The molecule has 154 valence electrons. The van der Waals surface area contributed by atoms with Crippen molar-refractivity contribution >= 4 is 29.5 Å². The zero-order valence-corrected chi connectivity index (χ0v) is 16.9. The van der Waals surface area contributed by atoms with Gasteiger partial charge in [0.2, 0.25) is 11.8 Å². The standard InChI is InChI=1S/C24H24N2O4/c1-2-30-24(29)15-20-21-14-18-10-6-7-11-19(18)26(21)23(28)16-25(20)22(27)13-12-17-8-4-3-5-9-17/h3-13,20-21H,2,14-16H2,1H3/b13-12+/t20?,21-/m0/s1. The van der Waals surface area contributed by atoms with E-state index in [9.17, 15) is 14.4 Å². The highest BCUT2D eigenvalue weighted by Gasteiger charge is 2.47. The molecule has 1 unspecified atom stereocenters. The average molecular weight is 404 g/mol. The first kappa shape index (κ1) is 19.9. The molecule has 0 aromatic heterocycles. The SMILES string of the molecule is CCOC(=O)CC1[C@@H]2Cc3ccccc3N2C(=O)CN1C(=O)/C=C/c1ccccc1. The van der Waals surface area contributed by atoms with Crippen molar-refractivity contribution in [1.82, 2.24) is 4.90 Å². The number of nitrogens with zero attached hydrogens (tertiary/aromatic N) is 2. The van der Waals surface area contributed by atoms with Crippen LogP contribution in [0.5, 0.6) is 0 Å². The minimum atomic E-state index is -0.443. The van der Waals surface area contributed by atoms with E-state index in [0.717, 1.165) is 16.8 Å². The van der Waals surface area contributed by atoms with Crippen LogP contribution < -0.4 is 4.90 Å². The molecular weight excluding hydrogens is 380 g/mol. The molecular formula is C24H24N2O4. The van der Waals surface area contributed by atoms with E-state index in [-0.39, 0.29) is 43.4 Å². The minimum Gasteiger partial charge on any atom is -0.466 e. The van der Waals surface area contributed by atoms with Crippen LogP contribution in [-0.4, -0.2) is 47.9 Å². The number of piperazine rings is 1. The Labute approximate surface area is 175 Å². The van der Waals surface area contributed by atoms with E-state index in [1.807, 2.05) is 54.6 Å². The summed E-state index contributed by atoms with van der Waals surface area (Å²) >= 11 is 0. The van der Waals surface area contributed by atoms with Crippen LogP contribution >= 0.6 is 0 Å². The Balaban J connectivity index is 1.62. The number of rotatable bonds is 5. The summed E-state index contributed by atoms with van der Waals surface area (Å²) in [5, 5.41) is 0. The lowest BCUT2D eigenvalue weighted by Gasteiger charge is -2.43. The van der Waals surface area contributed by atoms with Gasteiger partial charge in [-0.15, -0.1) is 0 Å². The highest BCUT2D eigenvalue weighted by Crippen LogP contribution is 2.38. The highest BCUT2D eigenvalue weighted by atomic mass is 16.5. The van der Waals surface area contributed by atoms with Crippen molar-refractivity contribution in [1.29, 1.82) is 0 Å². The van der Waals surface area contributed by atoms with Crippen LogP contribution in [0.25, 0.3) is 6.08 Å². The van der Waals surface area contributed by atoms with E-state index in [1.54, 1.807) is 17.9 Å². The fourth-order valence-corrected chi connectivity index (χ4v) is 4.29. The summed E-state index contributed by atoms with van der Waals surface area (Å²) in [4.78, 5) is 41.6. The molecule has 2 amide bonds. The fourth-order valence-electron chi connectivity index (χ4n) is 4.29. The molecule has 6 nitrogen and oxygen atoms in total. The van der Waals surface area contributed by atoms with Crippen molar-refractivity contribution in [3.05, 3.63) is 71.8 Å². The first-order valence-electron chi connectivity index (χ1n) is 10.2. The Morgan fingerprint density at radius 1 is 1.10 bits per heavy atom. The number of amides is 2. The van der Waals surface area contributed by atoms with E-state index in [0.29, 0.717) is 6.42 Å². The maximum absolute atomic E-state index is 13.0. The van der Waals surface area contributed by atoms with Gasteiger partial charge in [-0.05, 0) is 36.6 Å². The van der Waals surface area contributed by atoms with Gasteiger partial charge in [-0.25, -0.2) is 0 Å². The number of fused-ring (bicyclic) bond motifs is 3. The summed E-state index contributed by atoms with van der Waals surface area (Å²) in [6.07, 6.45) is 3.86. The lowest BCUT2D eigenvalue weighted by atomic mass is 9.96. The zero-order chi connectivity index (χ0) is 21.1. The molecule has 4 rings (SSSR count). The van der Waals surface area contributed by atoms with Crippen LogP contribution in [0.4, 0.5) is 5.69 Å². The van der Waals surface area contributed by atoms with Gasteiger partial charge in [0, 0.05) is 11.8 Å². The normalized spacial score (nSPS) is 20.2. The molecule has 1 saturated heterocycles. The largest absolute Gasteiger partial charge is 0.466 e. The fraction of sp³-hybridized carbons (Fsp3) is 0.292. The van der Waals surface area contributed by atoms with Crippen LogP contribution in [0.15, 0.2) is 60.7 Å². The van der Waals surface area contributed by atoms with E-state index in [4.69, 9.17) is 4.74 Å². The second kappa shape index (κ2) is 8.53. The van der Waals surface area contributed by atoms with E-state index in [2.05, 4.69) is 0 Å². The van der Waals surface area contributed by atoms with Gasteiger partial charge >= 0.3 is 5.97 Å². The Hall–Kier alpha value is -3.41. The molecule has 2 atom stereocenters. The Bertz CT molecular complexity index is 986. The highest BCUT2D eigenvalue weighted by molar-refractivity contribution is 6.03. The average Bonchev–Trinajstić information content (AvgIpc) is 3.15. The van der Waals surface area contributed by atoms with E-state index < -0.39 is 6.04 Å². The Morgan fingerprint density at radius 2 is 1.83 bits per heavy atom. The Morgan fingerprint density at radius 3 is 2.60 bits per heavy atom. The predicted molar refractivity (Wildman–Crippen MR) is 114 cm³/mol. The van der Waals surface area contributed by atoms with Gasteiger partial charge in [-0.2, -0.15) is 0 Å². The number of hydrogen-bond donors (Lipinski definition) is 0. The molecule has 0 aliphatic carbocycles. The van der Waals surface area contributed by atoms with Gasteiger partial charge in [0.1, 0.15) is 6.54 Å². The number of carbonyl (C=O) groups excluding carboxylic acids is 3.